The molecule has 2 atom stereocenters. The molecule has 1 aliphatic carbocycles. The third-order valence-electron chi connectivity index (χ3n) is 3.54. The second-order valence-electron chi connectivity index (χ2n) is 5.64. The van der Waals surface area contributed by atoms with E-state index >= 15 is 0 Å². The van der Waals surface area contributed by atoms with Crippen LogP contribution in [0.25, 0.3) is 0 Å². The van der Waals surface area contributed by atoms with Crippen molar-refractivity contribution >= 4 is 10.2 Å². The van der Waals surface area contributed by atoms with Crippen LogP contribution in [0.4, 0.5) is 0 Å². The molecule has 1 rings (SSSR count). The summed E-state index contributed by atoms with van der Waals surface area (Å²) in [4.78, 5) is 0. The zero-order valence-corrected chi connectivity index (χ0v) is 12.4. The first kappa shape index (κ1) is 15.9. The van der Waals surface area contributed by atoms with Gasteiger partial charge in [-0.1, -0.05) is 13.8 Å². The molecule has 2 N–H and O–H groups in total. The molecule has 0 saturated heterocycles. The van der Waals surface area contributed by atoms with E-state index in [0.717, 1.165) is 12.8 Å². The molecular weight excluding hydrogens is 252 g/mol. The predicted octanol–water partition coefficient (Wildman–Crippen LogP) is 0.960. The Morgan fingerprint density at radius 2 is 1.78 bits per heavy atom. The summed E-state index contributed by atoms with van der Waals surface area (Å²) < 4.78 is 28.2. The fraction of sp³-hybridized carbons (Fsp3) is 1.00. The van der Waals surface area contributed by atoms with Crippen LogP contribution in [0, 0.1) is 11.8 Å². The molecule has 0 aromatic heterocycles. The standard InChI is InChI=1S/C12H26N2O3S/c1-10-7-11(2)9-12(8-10)13-18(16,17)14(3)5-4-6-15/h10-13,15H,4-9H2,1-3H3. The molecule has 0 spiro atoms. The van der Waals surface area contributed by atoms with E-state index in [1.807, 2.05) is 0 Å². The lowest BCUT2D eigenvalue weighted by atomic mass is 9.81. The molecule has 0 amide bonds. The van der Waals surface area contributed by atoms with Gasteiger partial charge in [0.15, 0.2) is 0 Å². The molecule has 1 saturated carbocycles. The Bertz CT molecular complexity index is 335. The van der Waals surface area contributed by atoms with Crippen molar-refractivity contribution in [2.24, 2.45) is 11.8 Å². The fourth-order valence-electron chi connectivity index (χ4n) is 2.76. The predicted molar refractivity (Wildman–Crippen MR) is 72.4 cm³/mol. The van der Waals surface area contributed by atoms with Crippen molar-refractivity contribution in [3.63, 3.8) is 0 Å². The molecule has 108 valence electrons. The number of aliphatic hydroxyl groups excluding tert-OH is 1. The van der Waals surface area contributed by atoms with Crippen LogP contribution in [-0.4, -0.2) is 44.1 Å². The van der Waals surface area contributed by atoms with Gasteiger partial charge in [-0.15, -0.1) is 0 Å². The number of nitrogens with zero attached hydrogens (tertiary/aromatic N) is 1. The Morgan fingerprint density at radius 3 is 2.28 bits per heavy atom. The molecule has 0 aromatic carbocycles. The summed E-state index contributed by atoms with van der Waals surface area (Å²) >= 11 is 0. The second kappa shape index (κ2) is 6.84. The zero-order valence-electron chi connectivity index (χ0n) is 11.6. The molecule has 0 aromatic rings. The maximum Gasteiger partial charge on any atom is 0.279 e. The van der Waals surface area contributed by atoms with Gasteiger partial charge >= 0.3 is 0 Å². The molecule has 0 bridgehead atoms. The maximum absolute atomic E-state index is 12.1. The number of rotatable bonds is 6. The van der Waals surface area contributed by atoms with Crippen molar-refractivity contribution in [3.05, 3.63) is 0 Å². The highest BCUT2D eigenvalue weighted by molar-refractivity contribution is 7.87. The van der Waals surface area contributed by atoms with Gasteiger partial charge in [0, 0.05) is 26.2 Å². The van der Waals surface area contributed by atoms with Gasteiger partial charge in [0.05, 0.1) is 0 Å². The van der Waals surface area contributed by atoms with E-state index in [-0.39, 0.29) is 12.6 Å². The van der Waals surface area contributed by atoms with Crippen LogP contribution in [0.15, 0.2) is 0 Å². The largest absolute Gasteiger partial charge is 0.396 e. The number of hydrogen-bond donors (Lipinski definition) is 2. The molecule has 0 aliphatic heterocycles. The quantitative estimate of drug-likeness (QED) is 0.760. The van der Waals surface area contributed by atoms with Gasteiger partial charge in [0.2, 0.25) is 0 Å². The van der Waals surface area contributed by atoms with Crippen LogP contribution in [0.1, 0.15) is 39.5 Å². The van der Waals surface area contributed by atoms with E-state index in [9.17, 15) is 8.42 Å². The van der Waals surface area contributed by atoms with Crippen LogP contribution in [0.2, 0.25) is 0 Å². The molecule has 18 heavy (non-hydrogen) atoms. The summed E-state index contributed by atoms with van der Waals surface area (Å²) in [5.74, 6) is 1.15. The van der Waals surface area contributed by atoms with Crippen molar-refractivity contribution in [2.45, 2.75) is 45.6 Å². The molecular formula is C12H26N2O3S. The van der Waals surface area contributed by atoms with Crippen LogP contribution in [0.5, 0.6) is 0 Å². The van der Waals surface area contributed by atoms with Gasteiger partial charge in [-0.2, -0.15) is 17.4 Å². The summed E-state index contributed by atoms with van der Waals surface area (Å²) in [7, 11) is -1.86. The van der Waals surface area contributed by atoms with E-state index in [1.54, 1.807) is 7.05 Å². The van der Waals surface area contributed by atoms with Crippen LogP contribution >= 0.6 is 0 Å². The molecule has 0 radical (unpaired) electrons. The van der Waals surface area contributed by atoms with E-state index < -0.39 is 10.2 Å². The van der Waals surface area contributed by atoms with Crippen LogP contribution in [0.3, 0.4) is 0 Å². The highest BCUT2D eigenvalue weighted by Gasteiger charge is 2.28. The minimum absolute atomic E-state index is 0.0113. The van der Waals surface area contributed by atoms with E-state index in [1.165, 1.54) is 10.7 Å². The van der Waals surface area contributed by atoms with Crippen molar-refractivity contribution < 1.29 is 13.5 Å². The lowest BCUT2D eigenvalue weighted by Crippen LogP contribution is -2.46. The van der Waals surface area contributed by atoms with Gasteiger partial charge in [-0.05, 0) is 37.5 Å². The molecule has 1 aliphatic rings. The summed E-state index contributed by atoms with van der Waals surface area (Å²) in [6, 6.07) is 0.0466. The normalized spacial score (nSPS) is 29.7. The fourth-order valence-corrected chi connectivity index (χ4v) is 3.92. The number of nitrogens with one attached hydrogen (secondary N) is 1. The average Bonchev–Trinajstić information content (AvgIpc) is 2.23. The minimum Gasteiger partial charge on any atom is -0.396 e. The van der Waals surface area contributed by atoms with E-state index in [0.29, 0.717) is 24.8 Å². The van der Waals surface area contributed by atoms with Crippen molar-refractivity contribution in [3.8, 4) is 0 Å². The summed E-state index contributed by atoms with van der Waals surface area (Å²) in [6.07, 6.45) is 3.47. The summed E-state index contributed by atoms with van der Waals surface area (Å²) in [6.45, 7) is 4.71. The number of hydrogen-bond acceptors (Lipinski definition) is 3. The Labute approximate surface area is 111 Å². The first-order valence-corrected chi connectivity index (χ1v) is 8.13. The van der Waals surface area contributed by atoms with Gasteiger partial charge in [-0.25, -0.2) is 0 Å². The lowest BCUT2D eigenvalue weighted by Gasteiger charge is -2.32. The van der Waals surface area contributed by atoms with Gasteiger partial charge in [0.25, 0.3) is 10.2 Å². The highest BCUT2D eigenvalue weighted by Crippen LogP contribution is 2.28. The Morgan fingerprint density at radius 1 is 1.22 bits per heavy atom. The minimum atomic E-state index is -3.41. The van der Waals surface area contributed by atoms with E-state index in [4.69, 9.17) is 5.11 Å². The van der Waals surface area contributed by atoms with Crippen molar-refractivity contribution in [1.29, 1.82) is 0 Å². The van der Waals surface area contributed by atoms with Crippen molar-refractivity contribution in [1.82, 2.24) is 9.03 Å². The molecule has 1 fully saturated rings. The van der Waals surface area contributed by atoms with Gasteiger partial charge in [0.1, 0.15) is 0 Å². The summed E-state index contributed by atoms with van der Waals surface area (Å²) in [5.41, 5.74) is 0. The second-order valence-corrected chi connectivity index (χ2v) is 7.45. The van der Waals surface area contributed by atoms with E-state index in [2.05, 4.69) is 18.6 Å². The smallest absolute Gasteiger partial charge is 0.279 e. The third kappa shape index (κ3) is 4.84. The third-order valence-corrected chi connectivity index (χ3v) is 5.17. The Hall–Kier alpha value is -0.170. The van der Waals surface area contributed by atoms with Crippen LogP contribution in [-0.2, 0) is 10.2 Å². The molecule has 0 heterocycles. The molecule has 5 nitrogen and oxygen atoms in total. The summed E-state index contributed by atoms with van der Waals surface area (Å²) in [5, 5.41) is 8.73. The Balaban J connectivity index is 2.54. The first-order chi connectivity index (χ1) is 8.35. The van der Waals surface area contributed by atoms with Crippen molar-refractivity contribution in [2.75, 3.05) is 20.2 Å². The van der Waals surface area contributed by atoms with Gasteiger partial charge in [-0.3, -0.25) is 0 Å². The highest BCUT2D eigenvalue weighted by atomic mass is 32.2. The maximum atomic E-state index is 12.1. The number of aliphatic hydroxyl groups is 1. The van der Waals surface area contributed by atoms with Gasteiger partial charge < -0.3 is 5.11 Å². The monoisotopic (exact) mass is 278 g/mol. The molecule has 6 heteroatoms. The molecule has 2 unspecified atom stereocenters. The SMILES string of the molecule is CC1CC(C)CC(NS(=O)(=O)N(C)CCCO)C1. The lowest BCUT2D eigenvalue weighted by molar-refractivity contribution is 0.252. The Kier molecular flexibility index (Phi) is 6.04. The average molecular weight is 278 g/mol. The van der Waals surface area contributed by atoms with Crippen LogP contribution < -0.4 is 4.72 Å². The zero-order chi connectivity index (χ0) is 13.8. The first-order valence-electron chi connectivity index (χ1n) is 6.69. The topological polar surface area (TPSA) is 69.6 Å².